The topological polar surface area (TPSA) is 58.2 Å². The van der Waals surface area contributed by atoms with Gasteiger partial charge in [-0.25, -0.2) is 0 Å². The molecule has 0 bridgehead atoms. The third-order valence-electron chi connectivity index (χ3n) is 3.47. The Labute approximate surface area is 154 Å². The van der Waals surface area contributed by atoms with E-state index in [4.69, 9.17) is 11.6 Å². The van der Waals surface area contributed by atoms with E-state index in [2.05, 4.69) is 10.6 Å². The van der Waals surface area contributed by atoms with E-state index >= 15 is 0 Å². The Morgan fingerprint density at radius 1 is 0.960 bits per heavy atom. The molecule has 1 aromatic heterocycles. The Balaban J connectivity index is 1.64. The zero-order valence-electron chi connectivity index (χ0n) is 13.2. The highest BCUT2D eigenvalue weighted by Gasteiger charge is 2.10. The number of benzene rings is 2. The second-order valence-electron chi connectivity index (χ2n) is 5.32. The molecule has 2 amide bonds. The third kappa shape index (κ3) is 4.68. The van der Waals surface area contributed by atoms with Crippen LogP contribution in [-0.4, -0.2) is 11.8 Å². The molecule has 126 valence electrons. The first-order chi connectivity index (χ1) is 12.1. The van der Waals surface area contributed by atoms with Crippen molar-refractivity contribution in [2.45, 2.75) is 6.54 Å². The minimum Gasteiger partial charge on any atom is -0.348 e. The smallest absolute Gasteiger partial charge is 0.265 e. The standard InChI is InChI=1S/C19H15ClN2O2S/c20-15-6-1-4-13(10-15)12-21-18(23)14-5-2-7-16(11-14)22-19(24)17-8-3-9-25-17/h1-11H,12H2,(H,21,23)(H,22,24). The fourth-order valence-corrected chi connectivity index (χ4v) is 3.10. The molecule has 3 rings (SSSR count). The summed E-state index contributed by atoms with van der Waals surface area (Å²) in [6, 6.07) is 17.7. The van der Waals surface area contributed by atoms with Gasteiger partial charge < -0.3 is 10.6 Å². The van der Waals surface area contributed by atoms with Gasteiger partial charge >= 0.3 is 0 Å². The van der Waals surface area contributed by atoms with Crippen LogP contribution in [0.1, 0.15) is 25.6 Å². The molecule has 0 aliphatic heterocycles. The maximum atomic E-state index is 12.3. The molecule has 0 aliphatic carbocycles. The summed E-state index contributed by atoms with van der Waals surface area (Å²) in [5.74, 6) is -0.404. The van der Waals surface area contributed by atoms with E-state index in [1.54, 1.807) is 42.5 Å². The van der Waals surface area contributed by atoms with Crippen LogP contribution >= 0.6 is 22.9 Å². The van der Waals surface area contributed by atoms with Crippen LogP contribution in [-0.2, 0) is 6.54 Å². The van der Waals surface area contributed by atoms with Crippen LogP contribution in [0.3, 0.4) is 0 Å². The van der Waals surface area contributed by atoms with E-state index in [0.29, 0.717) is 27.7 Å². The Kier molecular flexibility index (Phi) is 5.48. The summed E-state index contributed by atoms with van der Waals surface area (Å²) < 4.78 is 0. The van der Waals surface area contributed by atoms with Gasteiger partial charge in [0.2, 0.25) is 0 Å². The summed E-state index contributed by atoms with van der Waals surface area (Å²) in [5, 5.41) is 8.11. The summed E-state index contributed by atoms with van der Waals surface area (Å²) >= 11 is 7.30. The number of carbonyl (C=O) groups excluding carboxylic acids is 2. The van der Waals surface area contributed by atoms with E-state index in [0.717, 1.165) is 5.56 Å². The Morgan fingerprint density at radius 2 is 1.80 bits per heavy atom. The zero-order chi connectivity index (χ0) is 17.6. The normalized spacial score (nSPS) is 10.3. The molecule has 0 unspecified atom stereocenters. The number of halogens is 1. The minimum atomic E-state index is -0.216. The number of carbonyl (C=O) groups is 2. The van der Waals surface area contributed by atoms with E-state index in [-0.39, 0.29) is 11.8 Å². The van der Waals surface area contributed by atoms with Gasteiger partial charge in [-0.15, -0.1) is 11.3 Å². The van der Waals surface area contributed by atoms with Crippen LogP contribution in [0.15, 0.2) is 66.0 Å². The average molecular weight is 371 g/mol. The van der Waals surface area contributed by atoms with Crippen LogP contribution in [0.5, 0.6) is 0 Å². The lowest BCUT2D eigenvalue weighted by Gasteiger charge is -2.08. The highest BCUT2D eigenvalue weighted by molar-refractivity contribution is 7.12. The van der Waals surface area contributed by atoms with Gasteiger partial charge in [-0.3, -0.25) is 9.59 Å². The number of hydrogen-bond acceptors (Lipinski definition) is 3. The monoisotopic (exact) mass is 370 g/mol. The lowest BCUT2D eigenvalue weighted by molar-refractivity contribution is 0.0949. The van der Waals surface area contributed by atoms with Crippen LogP contribution in [0.4, 0.5) is 5.69 Å². The molecule has 3 aromatic rings. The largest absolute Gasteiger partial charge is 0.348 e. The third-order valence-corrected chi connectivity index (χ3v) is 4.57. The molecule has 0 saturated heterocycles. The van der Waals surface area contributed by atoms with Crippen molar-refractivity contribution < 1.29 is 9.59 Å². The van der Waals surface area contributed by atoms with Gasteiger partial charge in [0, 0.05) is 22.8 Å². The molecular weight excluding hydrogens is 356 g/mol. The maximum absolute atomic E-state index is 12.3. The summed E-state index contributed by atoms with van der Waals surface area (Å²) in [6.45, 7) is 0.380. The number of rotatable bonds is 5. The molecule has 0 spiro atoms. The van der Waals surface area contributed by atoms with Crippen molar-refractivity contribution in [2.24, 2.45) is 0 Å². The molecule has 0 saturated carbocycles. The number of hydrogen-bond donors (Lipinski definition) is 2. The van der Waals surface area contributed by atoms with Gasteiger partial charge in [0.15, 0.2) is 0 Å². The van der Waals surface area contributed by atoms with Crippen LogP contribution in [0, 0.1) is 0 Å². The highest BCUT2D eigenvalue weighted by atomic mass is 35.5. The van der Waals surface area contributed by atoms with Crippen molar-refractivity contribution in [2.75, 3.05) is 5.32 Å². The van der Waals surface area contributed by atoms with Gasteiger partial charge in [0.25, 0.3) is 11.8 Å². The van der Waals surface area contributed by atoms with Crippen molar-refractivity contribution in [3.05, 3.63) is 87.1 Å². The van der Waals surface area contributed by atoms with E-state index in [9.17, 15) is 9.59 Å². The predicted octanol–water partition coefficient (Wildman–Crippen LogP) is 4.58. The summed E-state index contributed by atoms with van der Waals surface area (Å²) in [6.07, 6.45) is 0. The number of anilines is 1. The molecule has 1 heterocycles. The molecular formula is C19H15ClN2O2S. The fourth-order valence-electron chi connectivity index (χ4n) is 2.27. The van der Waals surface area contributed by atoms with Gasteiger partial charge in [-0.1, -0.05) is 35.9 Å². The van der Waals surface area contributed by atoms with Crippen molar-refractivity contribution in [1.29, 1.82) is 0 Å². The first kappa shape index (κ1) is 17.2. The summed E-state index contributed by atoms with van der Waals surface area (Å²) in [7, 11) is 0. The van der Waals surface area contributed by atoms with Gasteiger partial charge in [-0.2, -0.15) is 0 Å². The van der Waals surface area contributed by atoms with Crippen molar-refractivity contribution in [1.82, 2.24) is 5.32 Å². The maximum Gasteiger partial charge on any atom is 0.265 e. The lowest BCUT2D eigenvalue weighted by Crippen LogP contribution is -2.23. The van der Waals surface area contributed by atoms with Crippen LogP contribution in [0.25, 0.3) is 0 Å². The van der Waals surface area contributed by atoms with Crippen molar-refractivity contribution in [3.63, 3.8) is 0 Å². The average Bonchev–Trinajstić information content (AvgIpc) is 3.15. The van der Waals surface area contributed by atoms with Crippen LogP contribution in [0.2, 0.25) is 5.02 Å². The molecule has 0 radical (unpaired) electrons. The zero-order valence-corrected chi connectivity index (χ0v) is 14.7. The fraction of sp³-hybridized carbons (Fsp3) is 0.0526. The number of nitrogens with one attached hydrogen (secondary N) is 2. The number of amides is 2. The molecule has 0 fully saturated rings. The first-order valence-corrected chi connectivity index (χ1v) is 8.85. The molecule has 4 nitrogen and oxygen atoms in total. The quantitative estimate of drug-likeness (QED) is 0.690. The predicted molar refractivity (Wildman–Crippen MR) is 101 cm³/mol. The Bertz CT molecular complexity index is 894. The Hall–Kier alpha value is -2.63. The molecule has 0 atom stereocenters. The molecule has 2 aromatic carbocycles. The molecule has 25 heavy (non-hydrogen) atoms. The van der Waals surface area contributed by atoms with E-state index in [1.807, 2.05) is 23.6 Å². The second kappa shape index (κ2) is 7.96. The summed E-state index contributed by atoms with van der Waals surface area (Å²) in [4.78, 5) is 25.0. The van der Waals surface area contributed by atoms with Crippen molar-refractivity contribution >= 4 is 40.4 Å². The molecule has 6 heteroatoms. The molecule has 2 N–H and O–H groups in total. The second-order valence-corrected chi connectivity index (χ2v) is 6.71. The van der Waals surface area contributed by atoms with Crippen LogP contribution < -0.4 is 10.6 Å². The van der Waals surface area contributed by atoms with Gasteiger partial charge in [0.05, 0.1) is 4.88 Å². The highest BCUT2D eigenvalue weighted by Crippen LogP contribution is 2.15. The first-order valence-electron chi connectivity index (χ1n) is 7.59. The van der Waals surface area contributed by atoms with Gasteiger partial charge in [0.1, 0.15) is 0 Å². The summed E-state index contributed by atoms with van der Waals surface area (Å²) in [5.41, 5.74) is 1.97. The van der Waals surface area contributed by atoms with Gasteiger partial charge in [-0.05, 0) is 47.3 Å². The SMILES string of the molecule is O=C(NCc1cccc(Cl)c1)c1cccc(NC(=O)c2cccs2)c1. The number of thiophene rings is 1. The van der Waals surface area contributed by atoms with E-state index < -0.39 is 0 Å². The molecule has 0 aliphatic rings. The lowest BCUT2D eigenvalue weighted by atomic mass is 10.1. The van der Waals surface area contributed by atoms with Crippen molar-refractivity contribution in [3.8, 4) is 0 Å². The minimum absolute atomic E-state index is 0.188. The Morgan fingerprint density at radius 3 is 2.56 bits per heavy atom. The van der Waals surface area contributed by atoms with E-state index in [1.165, 1.54) is 11.3 Å².